The lowest BCUT2D eigenvalue weighted by Crippen LogP contribution is -2.23. The number of halogens is 2. The van der Waals surface area contributed by atoms with E-state index in [1.807, 2.05) is 0 Å². The summed E-state index contributed by atoms with van der Waals surface area (Å²) in [7, 11) is 0. The second-order valence-electron chi connectivity index (χ2n) is 2.97. The summed E-state index contributed by atoms with van der Waals surface area (Å²) in [5, 5.41) is 3.84. The first-order chi connectivity index (χ1) is 7.15. The monoisotopic (exact) mass is 243 g/mol. The molecular formula is C11H11Cl2NO. The Kier molecular flexibility index (Phi) is 4.82. The summed E-state index contributed by atoms with van der Waals surface area (Å²) in [6, 6.07) is 4.84. The summed E-state index contributed by atoms with van der Waals surface area (Å²) in [6.07, 6.45) is 1.69. The van der Waals surface area contributed by atoms with E-state index in [4.69, 9.17) is 23.2 Å². The first-order valence-electron chi connectivity index (χ1n) is 4.45. The number of nitrogens with one attached hydrogen (secondary N) is 1. The maximum absolute atomic E-state index is 11.7. The van der Waals surface area contributed by atoms with E-state index in [1.165, 1.54) is 0 Å². The molecule has 0 aliphatic heterocycles. The Hall–Kier alpha value is -0.830. The lowest BCUT2D eigenvalue weighted by molar-refractivity contribution is 0.0992. The highest BCUT2D eigenvalue weighted by Gasteiger charge is 2.09. The molecule has 0 radical (unpaired) electrons. The van der Waals surface area contributed by atoms with Crippen LogP contribution in [0.3, 0.4) is 0 Å². The molecule has 1 aromatic rings. The number of carbonyl (C=O) groups excluding carboxylic acids is 1. The standard InChI is InChI=1S/C11H11Cl2NO/c1-2-5-14-7-11(15)9-6-8(12)3-4-10(9)13/h2-4,6,14H,1,5,7H2. The van der Waals surface area contributed by atoms with Crippen LogP contribution in [-0.2, 0) is 0 Å². The van der Waals surface area contributed by atoms with E-state index >= 15 is 0 Å². The first kappa shape index (κ1) is 12.2. The van der Waals surface area contributed by atoms with Gasteiger partial charge < -0.3 is 5.32 Å². The van der Waals surface area contributed by atoms with Crippen LogP contribution in [-0.4, -0.2) is 18.9 Å². The van der Waals surface area contributed by atoms with Gasteiger partial charge in [-0.25, -0.2) is 0 Å². The number of rotatable bonds is 5. The molecule has 0 aliphatic rings. The van der Waals surface area contributed by atoms with Crippen molar-refractivity contribution in [3.8, 4) is 0 Å². The van der Waals surface area contributed by atoms with E-state index in [0.717, 1.165) is 0 Å². The van der Waals surface area contributed by atoms with Crippen molar-refractivity contribution >= 4 is 29.0 Å². The minimum Gasteiger partial charge on any atom is -0.306 e. The molecular weight excluding hydrogens is 233 g/mol. The van der Waals surface area contributed by atoms with Gasteiger partial charge in [0.25, 0.3) is 0 Å². The van der Waals surface area contributed by atoms with Gasteiger partial charge in [0.2, 0.25) is 0 Å². The van der Waals surface area contributed by atoms with Crippen LogP contribution in [0.5, 0.6) is 0 Å². The van der Waals surface area contributed by atoms with Crippen molar-refractivity contribution in [2.24, 2.45) is 0 Å². The fourth-order valence-electron chi connectivity index (χ4n) is 1.09. The zero-order chi connectivity index (χ0) is 11.3. The zero-order valence-corrected chi connectivity index (χ0v) is 9.61. The van der Waals surface area contributed by atoms with Crippen LogP contribution in [0.15, 0.2) is 30.9 Å². The van der Waals surface area contributed by atoms with Gasteiger partial charge in [0.15, 0.2) is 5.78 Å². The third-order valence-electron chi connectivity index (χ3n) is 1.80. The molecule has 80 valence electrons. The van der Waals surface area contributed by atoms with Crippen LogP contribution < -0.4 is 5.32 Å². The van der Waals surface area contributed by atoms with Crippen molar-refractivity contribution in [3.63, 3.8) is 0 Å². The Morgan fingerprint density at radius 3 is 2.87 bits per heavy atom. The summed E-state index contributed by atoms with van der Waals surface area (Å²) in [4.78, 5) is 11.7. The van der Waals surface area contributed by atoms with Gasteiger partial charge in [-0.3, -0.25) is 4.79 Å². The molecule has 2 nitrogen and oxygen atoms in total. The van der Waals surface area contributed by atoms with E-state index in [0.29, 0.717) is 22.2 Å². The molecule has 0 saturated carbocycles. The highest BCUT2D eigenvalue weighted by Crippen LogP contribution is 2.20. The van der Waals surface area contributed by atoms with Gasteiger partial charge >= 0.3 is 0 Å². The second-order valence-corrected chi connectivity index (χ2v) is 3.81. The molecule has 0 atom stereocenters. The molecule has 0 unspecified atom stereocenters. The molecule has 0 heterocycles. The quantitative estimate of drug-likeness (QED) is 0.490. The predicted molar refractivity (Wildman–Crippen MR) is 63.9 cm³/mol. The van der Waals surface area contributed by atoms with Gasteiger partial charge in [0.05, 0.1) is 11.6 Å². The Balaban J connectivity index is 2.72. The van der Waals surface area contributed by atoms with Gasteiger partial charge in [0, 0.05) is 17.1 Å². The van der Waals surface area contributed by atoms with Crippen LogP contribution in [0.25, 0.3) is 0 Å². The molecule has 0 bridgehead atoms. The number of hydrogen-bond acceptors (Lipinski definition) is 2. The Morgan fingerprint density at radius 1 is 1.47 bits per heavy atom. The van der Waals surface area contributed by atoms with E-state index < -0.39 is 0 Å². The molecule has 1 N–H and O–H groups in total. The summed E-state index contributed by atoms with van der Waals surface area (Å²) >= 11 is 11.7. The van der Waals surface area contributed by atoms with E-state index in [1.54, 1.807) is 24.3 Å². The number of carbonyl (C=O) groups is 1. The highest BCUT2D eigenvalue weighted by molar-refractivity contribution is 6.36. The van der Waals surface area contributed by atoms with Crippen molar-refractivity contribution in [3.05, 3.63) is 46.5 Å². The minimum absolute atomic E-state index is 0.0793. The molecule has 0 fully saturated rings. The van der Waals surface area contributed by atoms with Crippen molar-refractivity contribution in [1.29, 1.82) is 0 Å². The molecule has 0 spiro atoms. The van der Waals surface area contributed by atoms with Crippen LogP contribution in [0.2, 0.25) is 10.0 Å². The largest absolute Gasteiger partial charge is 0.306 e. The van der Waals surface area contributed by atoms with Gasteiger partial charge in [-0.1, -0.05) is 29.3 Å². The fraction of sp³-hybridized carbons (Fsp3) is 0.182. The third kappa shape index (κ3) is 3.67. The lowest BCUT2D eigenvalue weighted by Gasteiger charge is -2.04. The molecule has 1 rings (SSSR count). The van der Waals surface area contributed by atoms with E-state index in [9.17, 15) is 4.79 Å². The average Bonchev–Trinajstić information content (AvgIpc) is 2.22. The molecule has 1 aromatic carbocycles. The number of hydrogen-bond donors (Lipinski definition) is 1. The van der Waals surface area contributed by atoms with E-state index in [2.05, 4.69) is 11.9 Å². The maximum Gasteiger partial charge on any atom is 0.178 e. The van der Waals surface area contributed by atoms with E-state index in [-0.39, 0.29) is 12.3 Å². The molecule has 15 heavy (non-hydrogen) atoms. The van der Waals surface area contributed by atoms with Crippen molar-refractivity contribution < 1.29 is 4.79 Å². The van der Waals surface area contributed by atoms with Crippen LogP contribution in [0, 0.1) is 0 Å². The lowest BCUT2D eigenvalue weighted by atomic mass is 10.1. The number of benzene rings is 1. The summed E-state index contributed by atoms with van der Waals surface area (Å²) in [5.41, 5.74) is 0.445. The zero-order valence-electron chi connectivity index (χ0n) is 8.09. The first-order valence-corrected chi connectivity index (χ1v) is 5.20. The summed E-state index contributed by atoms with van der Waals surface area (Å²) in [6.45, 7) is 4.36. The molecule has 0 amide bonds. The van der Waals surface area contributed by atoms with Crippen LogP contribution >= 0.6 is 23.2 Å². The van der Waals surface area contributed by atoms with Crippen molar-refractivity contribution in [2.75, 3.05) is 13.1 Å². The third-order valence-corrected chi connectivity index (χ3v) is 2.37. The van der Waals surface area contributed by atoms with Crippen molar-refractivity contribution in [1.82, 2.24) is 5.32 Å². The van der Waals surface area contributed by atoms with Crippen LogP contribution in [0.1, 0.15) is 10.4 Å². The Bertz CT molecular complexity index is 377. The number of ketones is 1. The Morgan fingerprint density at radius 2 is 2.20 bits per heavy atom. The van der Waals surface area contributed by atoms with Crippen LogP contribution in [0.4, 0.5) is 0 Å². The van der Waals surface area contributed by atoms with Gasteiger partial charge in [0.1, 0.15) is 0 Å². The predicted octanol–water partition coefficient (Wildman–Crippen LogP) is 2.95. The normalized spacial score (nSPS) is 10.0. The average molecular weight is 244 g/mol. The molecule has 4 heteroatoms. The molecule has 0 saturated heterocycles. The second kappa shape index (κ2) is 5.91. The molecule has 0 aliphatic carbocycles. The Labute approximate surface area is 98.9 Å². The summed E-state index contributed by atoms with van der Waals surface area (Å²) in [5.74, 6) is -0.0793. The van der Waals surface area contributed by atoms with Gasteiger partial charge in [-0.05, 0) is 18.2 Å². The van der Waals surface area contributed by atoms with Gasteiger partial charge in [-0.2, -0.15) is 0 Å². The van der Waals surface area contributed by atoms with Crippen molar-refractivity contribution in [2.45, 2.75) is 0 Å². The van der Waals surface area contributed by atoms with Gasteiger partial charge in [-0.15, -0.1) is 6.58 Å². The smallest absolute Gasteiger partial charge is 0.178 e. The topological polar surface area (TPSA) is 29.1 Å². The maximum atomic E-state index is 11.7. The highest BCUT2D eigenvalue weighted by atomic mass is 35.5. The number of Topliss-reactive ketones (excluding diaryl/α,β-unsaturated/α-hetero) is 1. The molecule has 0 aromatic heterocycles. The fourth-order valence-corrected chi connectivity index (χ4v) is 1.49. The minimum atomic E-state index is -0.0793. The summed E-state index contributed by atoms with van der Waals surface area (Å²) < 4.78 is 0. The SMILES string of the molecule is C=CCNCC(=O)c1cc(Cl)ccc1Cl.